The number of methoxy groups -OCH3 is 2. The van der Waals surface area contributed by atoms with E-state index in [4.69, 9.17) is 9.47 Å². The van der Waals surface area contributed by atoms with Crippen molar-refractivity contribution >= 4 is 11.9 Å². The van der Waals surface area contributed by atoms with Gasteiger partial charge in [0.15, 0.2) is 0 Å². The second kappa shape index (κ2) is 8.56. The summed E-state index contributed by atoms with van der Waals surface area (Å²) in [6.07, 6.45) is 5.70. The van der Waals surface area contributed by atoms with Crippen molar-refractivity contribution in [2.24, 2.45) is 0 Å². The van der Waals surface area contributed by atoms with Crippen LogP contribution in [0.5, 0.6) is 5.75 Å². The van der Waals surface area contributed by atoms with Crippen molar-refractivity contribution in [1.82, 2.24) is 4.90 Å². The van der Waals surface area contributed by atoms with E-state index in [9.17, 15) is 9.59 Å². The minimum atomic E-state index is -0.288. The van der Waals surface area contributed by atoms with Crippen LogP contribution in [0.4, 0.5) is 0 Å². The van der Waals surface area contributed by atoms with Gasteiger partial charge in [0.05, 0.1) is 20.6 Å². The van der Waals surface area contributed by atoms with Gasteiger partial charge in [-0.2, -0.15) is 0 Å². The molecule has 0 heterocycles. The Balaban J connectivity index is 2.16. The molecular formula is C18H25NO4. The van der Waals surface area contributed by atoms with Gasteiger partial charge in [-0.05, 0) is 31.0 Å². The van der Waals surface area contributed by atoms with Crippen LogP contribution in [0.25, 0.3) is 0 Å². The van der Waals surface area contributed by atoms with Gasteiger partial charge in [0, 0.05) is 18.2 Å². The lowest BCUT2D eigenvalue weighted by Crippen LogP contribution is -2.42. The van der Waals surface area contributed by atoms with E-state index >= 15 is 0 Å². The van der Waals surface area contributed by atoms with Crippen molar-refractivity contribution < 1.29 is 19.1 Å². The molecule has 1 aromatic rings. The highest BCUT2D eigenvalue weighted by molar-refractivity contribution is 5.95. The van der Waals surface area contributed by atoms with Gasteiger partial charge >= 0.3 is 5.97 Å². The summed E-state index contributed by atoms with van der Waals surface area (Å²) in [5.74, 6) is 0.330. The molecule has 0 radical (unpaired) electrons. The van der Waals surface area contributed by atoms with Gasteiger partial charge in [0.2, 0.25) is 0 Å². The summed E-state index contributed by atoms with van der Waals surface area (Å²) in [5, 5.41) is 0. The number of hydrogen-bond donors (Lipinski definition) is 0. The van der Waals surface area contributed by atoms with E-state index in [2.05, 4.69) is 0 Å². The maximum absolute atomic E-state index is 12.9. The highest BCUT2D eigenvalue weighted by Crippen LogP contribution is 2.25. The predicted octanol–water partition coefficient (Wildman–Crippen LogP) is 3.03. The zero-order chi connectivity index (χ0) is 16.7. The molecule has 5 heteroatoms. The Hall–Kier alpha value is -2.04. The highest BCUT2D eigenvalue weighted by Gasteiger charge is 2.27. The van der Waals surface area contributed by atoms with Crippen molar-refractivity contribution in [2.75, 3.05) is 20.8 Å². The Morgan fingerprint density at radius 3 is 2.57 bits per heavy atom. The topological polar surface area (TPSA) is 55.8 Å². The van der Waals surface area contributed by atoms with Crippen LogP contribution in [0.2, 0.25) is 0 Å². The van der Waals surface area contributed by atoms with Crippen LogP contribution in [0, 0.1) is 0 Å². The summed E-state index contributed by atoms with van der Waals surface area (Å²) in [5.41, 5.74) is 0.597. The van der Waals surface area contributed by atoms with Crippen LogP contribution in [-0.4, -0.2) is 43.6 Å². The molecule has 23 heavy (non-hydrogen) atoms. The van der Waals surface area contributed by atoms with Crippen molar-refractivity contribution in [1.29, 1.82) is 0 Å². The molecule has 0 aliphatic heterocycles. The average molecular weight is 319 g/mol. The largest absolute Gasteiger partial charge is 0.497 e. The van der Waals surface area contributed by atoms with Crippen LogP contribution in [-0.2, 0) is 9.53 Å². The van der Waals surface area contributed by atoms with Crippen molar-refractivity contribution in [3.8, 4) is 5.75 Å². The monoisotopic (exact) mass is 319 g/mol. The third-order valence-electron chi connectivity index (χ3n) is 4.38. The number of hydrogen-bond acceptors (Lipinski definition) is 4. The molecule has 0 bridgehead atoms. The number of rotatable bonds is 6. The minimum absolute atomic E-state index is 0.0419. The number of amides is 1. The zero-order valence-electron chi connectivity index (χ0n) is 13.9. The molecule has 2 rings (SSSR count). The summed E-state index contributed by atoms with van der Waals surface area (Å²) in [7, 11) is 2.96. The third-order valence-corrected chi connectivity index (χ3v) is 4.38. The second-order valence-electron chi connectivity index (χ2n) is 5.85. The summed E-state index contributed by atoms with van der Waals surface area (Å²) in [6.45, 7) is 0.396. The summed E-state index contributed by atoms with van der Waals surface area (Å²) in [6, 6.07) is 7.36. The van der Waals surface area contributed by atoms with Gasteiger partial charge in [-0.3, -0.25) is 9.59 Å². The maximum atomic E-state index is 12.9. The van der Waals surface area contributed by atoms with E-state index in [0.29, 0.717) is 17.9 Å². The quantitative estimate of drug-likeness (QED) is 0.756. The number of carbonyl (C=O) groups is 2. The number of carbonyl (C=O) groups excluding carboxylic acids is 2. The fourth-order valence-corrected chi connectivity index (χ4v) is 3.08. The minimum Gasteiger partial charge on any atom is -0.497 e. The van der Waals surface area contributed by atoms with E-state index < -0.39 is 0 Å². The van der Waals surface area contributed by atoms with Gasteiger partial charge in [0.1, 0.15) is 5.75 Å². The van der Waals surface area contributed by atoms with E-state index in [1.165, 1.54) is 13.5 Å². The van der Waals surface area contributed by atoms with Crippen LogP contribution >= 0.6 is 0 Å². The Morgan fingerprint density at radius 1 is 1.17 bits per heavy atom. The molecule has 0 N–H and O–H groups in total. The first kappa shape index (κ1) is 17.3. The van der Waals surface area contributed by atoms with Crippen LogP contribution in [0.3, 0.4) is 0 Å². The van der Waals surface area contributed by atoms with E-state index in [0.717, 1.165) is 25.7 Å². The number of nitrogens with zero attached hydrogens (tertiary/aromatic N) is 1. The molecule has 1 saturated carbocycles. The number of ether oxygens (including phenoxy) is 2. The Labute approximate surface area is 137 Å². The Bertz CT molecular complexity index is 538. The second-order valence-corrected chi connectivity index (χ2v) is 5.85. The lowest BCUT2D eigenvalue weighted by atomic mass is 9.93. The number of esters is 1. The number of benzene rings is 1. The summed E-state index contributed by atoms with van der Waals surface area (Å²) >= 11 is 0. The van der Waals surface area contributed by atoms with Crippen LogP contribution < -0.4 is 4.74 Å². The lowest BCUT2D eigenvalue weighted by molar-refractivity contribution is -0.140. The smallest absolute Gasteiger partial charge is 0.307 e. The first-order valence-corrected chi connectivity index (χ1v) is 8.17. The third kappa shape index (κ3) is 4.71. The zero-order valence-corrected chi connectivity index (χ0v) is 13.9. The maximum Gasteiger partial charge on any atom is 0.307 e. The van der Waals surface area contributed by atoms with E-state index in [1.807, 2.05) is 17.0 Å². The summed E-state index contributed by atoms with van der Waals surface area (Å²) < 4.78 is 9.91. The first-order valence-electron chi connectivity index (χ1n) is 8.17. The van der Waals surface area contributed by atoms with Crippen molar-refractivity contribution in [3.05, 3.63) is 29.8 Å². The predicted molar refractivity (Wildman–Crippen MR) is 87.5 cm³/mol. The first-order chi connectivity index (χ1) is 11.2. The fourth-order valence-electron chi connectivity index (χ4n) is 3.08. The molecule has 0 saturated heterocycles. The SMILES string of the molecule is COC(=O)CCN(C(=O)c1cccc(OC)c1)C1CCCCC1. The molecule has 1 amide bonds. The van der Waals surface area contributed by atoms with Crippen LogP contribution in [0.1, 0.15) is 48.9 Å². The Kier molecular flexibility index (Phi) is 6.44. The molecule has 0 spiro atoms. The van der Waals surface area contributed by atoms with E-state index in [1.54, 1.807) is 19.2 Å². The molecule has 126 valence electrons. The van der Waals surface area contributed by atoms with Gasteiger partial charge in [-0.25, -0.2) is 0 Å². The van der Waals surface area contributed by atoms with Gasteiger partial charge in [-0.15, -0.1) is 0 Å². The van der Waals surface area contributed by atoms with Gasteiger partial charge in [-0.1, -0.05) is 25.3 Å². The van der Waals surface area contributed by atoms with E-state index in [-0.39, 0.29) is 24.3 Å². The molecule has 5 nitrogen and oxygen atoms in total. The fraction of sp³-hybridized carbons (Fsp3) is 0.556. The molecule has 1 fully saturated rings. The lowest BCUT2D eigenvalue weighted by Gasteiger charge is -2.34. The molecule has 0 unspecified atom stereocenters. The van der Waals surface area contributed by atoms with Crippen molar-refractivity contribution in [3.63, 3.8) is 0 Å². The normalized spacial score (nSPS) is 15.0. The Morgan fingerprint density at radius 2 is 1.91 bits per heavy atom. The molecule has 1 aliphatic carbocycles. The standard InChI is InChI=1S/C18H25NO4/c1-22-16-10-6-7-14(13-16)18(21)19(12-11-17(20)23-2)15-8-4-3-5-9-15/h6-7,10,13,15H,3-5,8-9,11-12H2,1-2H3. The van der Waals surface area contributed by atoms with Crippen LogP contribution in [0.15, 0.2) is 24.3 Å². The molecule has 0 atom stereocenters. The molecule has 0 aromatic heterocycles. The molecule has 1 aromatic carbocycles. The molecular weight excluding hydrogens is 294 g/mol. The van der Waals surface area contributed by atoms with Crippen molar-refractivity contribution in [2.45, 2.75) is 44.6 Å². The van der Waals surface area contributed by atoms with Gasteiger partial charge < -0.3 is 14.4 Å². The highest BCUT2D eigenvalue weighted by atomic mass is 16.5. The average Bonchev–Trinajstić information content (AvgIpc) is 2.62. The summed E-state index contributed by atoms with van der Waals surface area (Å²) in [4.78, 5) is 26.2. The molecule has 1 aliphatic rings. The van der Waals surface area contributed by atoms with Gasteiger partial charge in [0.25, 0.3) is 5.91 Å².